The van der Waals surface area contributed by atoms with E-state index < -0.39 is 0 Å². The molecule has 0 aliphatic heterocycles. The Kier molecular flexibility index (Phi) is 6.53. The van der Waals surface area contributed by atoms with Gasteiger partial charge in [-0.2, -0.15) is 10.2 Å². The summed E-state index contributed by atoms with van der Waals surface area (Å²) in [5.74, 6) is 0. The Bertz CT molecular complexity index is 698. The van der Waals surface area contributed by atoms with Crippen LogP contribution in [0.1, 0.15) is 6.92 Å². The zero-order valence-electron chi connectivity index (χ0n) is 12.5. The summed E-state index contributed by atoms with van der Waals surface area (Å²) in [4.78, 5) is 0. The Labute approximate surface area is 145 Å². The van der Waals surface area contributed by atoms with Gasteiger partial charge in [-0.05, 0) is 55.5 Å². The zero-order valence-corrected chi connectivity index (χ0v) is 14.0. The molecule has 0 aliphatic carbocycles. The number of nitrogens with zero attached hydrogens (tertiary/aromatic N) is 2. The van der Waals surface area contributed by atoms with Crippen LogP contribution in [0.2, 0.25) is 5.02 Å². The third-order valence-electron chi connectivity index (χ3n) is 2.65. The maximum absolute atomic E-state index is 5.81. The van der Waals surface area contributed by atoms with Crippen molar-refractivity contribution in [2.24, 2.45) is 10.2 Å². The molecule has 0 spiro atoms. The molecule has 2 aromatic rings. The molecule has 0 aliphatic rings. The molecule has 0 atom stereocenters. The summed E-state index contributed by atoms with van der Waals surface area (Å²) < 4.78 is 0. The third kappa shape index (κ3) is 6.46. The van der Waals surface area contributed by atoms with Crippen molar-refractivity contribution in [2.75, 3.05) is 10.7 Å². The fourth-order valence-corrected chi connectivity index (χ4v) is 1.86. The molecule has 2 aromatic carbocycles. The SMILES string of the molecule is CC(/C=N/Nc1ccc(Cl)cc1)=N/NC(=S)Nc1ccccc1. The van der Waals surface area contributed by atoms with E-state index in [4.69, 9.17) is 23.8 Å². The maximum Gasteiger partial charge on any atom is 0.191 e. The fourth-order valence-electron chi connectivity index (χ4n) is 1.57. The lowest BCUT2D eigenvalue weighted by molar-refractivity contribution is 1.04. The second-order valence-corrected chi connectivity index (χ2v) is 5.41. The van der Waals surface area contributed by atoms with Gasteiger partial charge in [0, 0.05) is 10.7 Å². The molecule has 7 heteroatoms. The average Bonchev–Trinajstić information content (AvgIpc) is 2.56. The molecule has 0 heterocycles. The van der Waals surface area contributed by atoms with Crippen LogP contribution in [-0.2, 0) is 0 Å². The minimum Gasteiger partial charge on any atom is -0.331 e. The Balaban J connectivity index is 1.79. The third-order valence-corrected chi connectivity index (χ3v) is 3.10. The van der Waals surface area contributed by atoms with Crippen LogP contribution in [0.5, 0.6) is 0 Å². The van der Waals surface area contributed by atoms with Gasteiger partial charge in [0.25, 0.3) is 0 Å². The molecule has 23 heavy (non-hydrogen) atoms. The minimum atomic E-state index is 0.412. The summed E-state index contributed by atoms with van der Waals surface area (Å²) >= 11 is 11.0. The monoisotopic (exact) mass is 345 g/mol. The van der Waals surface area contributed by atoms with Gasteiger partial charge in [0.1, 0.15) is 0 Å². The van der Waals surface area contributed by atoms with Crippen molar-refractivity contribution >= 4 is 52.2 Å². The van der Waals surface area contributed by atoms with Crippen LogP contribution in [0.15, 0.2) is 64.8 Å². The summed E-state index contributed by atoms with van der Waals surface area (Å²) in [6.07, 6.45) is 1.59. The van der Waals surface area contributed by atoms with Crippen LogP contribution in [-0.4, -0.2) is 17.0 Å². The van der Waals surface area contributed by atoms with E-state index in [1.165, 1.54) is 0 Å². The first kappa shape index (κ1) is 16.9. The van der Waals surface area contributed by atoms with Crippen molar-refractivity contribution in [1.82, 2.24) is 5.43 Å². The first-order valence-corrected chi connectivity index (χ1v) is 7.63. The van der Waals surface area contributed by atoms with Crippen molar-refractivity contribution in [3.63, 3.8) is 0 Å². The van der Waals surface area contributed by atoms with Gasteiger partial charge in [0.2, 0.25) is 0 Å². The average molecular weight is 346 g/mol. The number of anilines is 2. The molecular weight excluding hydrogens is 330 g/mol. The van der Waals surface area contributed by atoms with Crippen molar-refractivity contribution in [3.8, 4) is 0 Å². The summed E-state index contributed by atoms with van der Waals surface area (Å²) in [5.41, 5.74) is 8.05. The van der Waals surface area contributed by atoms with Gasteiger partial charge in [-0.1, -0.05) is 29.8 Å². The van der Waals surface area contributed by atoms with Gasteiger partial charge in [0.15, 0.2) is 5.11 Å². The molecule has 118 valence electrons. The van der Waals surface area contributed by atoms with Crippen LogP contribution in [0.25, 0.3) is 0 Å². The summed E-state index contributed by atoms with van der Waals surface area (Å²) in [7, 11) is 0. The first-order chi connectivity index (χ1) is 11.1. The molecule has 2 rings (SSSR count). The number of rotatable bonds is 5. The van der Waals surface area contributed by atoms with Crippen LogP contribution in [0.4, 0.5) is 11.4 Å². The number of para-hydroxylation sites is 1. The van der Waals surface area contributed by atoms with E-state index in [-0.39, 0.29) is 0 Å². The minimum absolute atomic E-state index is 0.412. The molecule has 0 radical (unpaired) electrons. The molecule has 0 saturated carbocycles. The van der Waals surface area contributed by atoms with Crippen molar-refractivity contribution in [2.45, 2.75) is 6.92 Å². The number of benzene rings is 2. The van der Waals surface area contributed by atoms with Gasteiger partial charge < -0.3 is 5.32 Å². The molecule has 5 nitrogen and oxygen atoms in total. The lowest BCUT2D eigenvalue weighted by Crippen LogP contribution is -2.25. The molecule has 0 bridgehead atoms. The van der Waals surface area contributed by atoms with Gasteiger partial charge >= 0.3 is 0 Å². The summed E-state index contributed by atoms with van der Waals surface area (Å²) in [6.45, 7) is 1.81. The normalized spacial score (nSPS) is 11.3. The van der Waals surface area contributed by atoms with E-state index >= 15 is 0 Å². The fraction of sp³-hybridized carbons (Fsp3) is 0.0625. The van der Waals surface area contributed by atoms with Crippen LogP contribution >= 0.6 is 23.8 Å². The Morgan fingerprint density at radius 2 is 1.74 bits per heavy atom. The van der Waals surface area contributed by atoms with Gasteiger partial charge in [-0.3, -0.25) is 10.9 Å². The zero-order chi connectivity index (χ0) is 16.5. The molecule has 3 N–H and O–H groups in total. The highest BCUT2D eigenvalue weighted by molar-refractivity contribution is 7.80. The van der Waals surface area contributed by atoms with Gasteiger partial charge in [0.05, 0.1) is 17.6 Å². The number of hydrogen-bond acceptors (Lipinski definition) is 4. The summed E-state index contributed by atoms with van der Waals surface area (Å²) in [5, 5.41) is 12.3. The number of nitrogens with one attached hydrogen (secondary N) is 3. The van der Waals surface area contributed by atoms with Crippen LogP contribution < -0.4 is 16.2 Å². The first-order valence-electron chi connectivity index (χ1n) is 6.84. The predicted octanol–water partition coefficient (Wildman–Crippen LogP) is 4.10. The van der Waals surface area contributed by atoms with E-state index in [2.05, 4.69) is 26.4 Å². The highest BCUT2D eigenvalue weighted by Gasteiger charge is 1.95. The molecule has 0 amide bonds. The Morgan fingerprint density at radius 1 is 1.04 bits per heavy atom. The number of halogens is 1. The molecular formula is C16H16ClN5S. The van der Waals surface area contributed by atoms with Crippen molar-refractivity contribution in [1.29, 1.82) is 0 Å². The summed E-state index contributed by atoms with van der Waals surface area (Å²) in [6, 6.07) is 16.9. The Hall–Kier alpha value is -2.44. The van der Waals surface area contributed by atoms with Gasteiger partial charge in [-0.25, -0.2) is 0 Å². The lowest BCUT2D eigenvalue weighted by atomic mass is 10.3. The predicted molar refractivity (Wildman–Crippen MR) is 102 cm³/mol. The second-order valence-electron chi connectivity index (χ2n) is 4.56. The topological polar surface area (TPSA) is 60.8 Å². The Morgan fingerprint density at radius 3 is 2.43 bits per heavy atom. The molecule has 0 aromatic heterocycles. The van der Waals surface area contributed by atoms with E-state index in [1.807, 2.05) is 49.4 Å². The standard InChI is InChI=1S/C16H16ClN5S/c1-12(11-18-21-15-9-7-13(17)8-10-15)20-22-16(23)19-14-5-3-2-4-6-14/h2-11,21H,1H3,(H2,19,22,23)/b18-11+,20-12-. The van der Waals surface area contributed by atoms with Crippen molar-refractivity contribution < 1.29 is 0 Å². The molecule has 0 fully saturated rings. The smallest absolute Gasteiger partial charge is 0.191 e. The highest BCUT2D eigenvalue weighted by Crippen LogP contribution is 2.12. The molecule has 0 saturated heterocycles. The van der Waals surface area contributed by atoms with E-state index in [9.17, 15) is 0 Å². The number of thiocarbonyl (C=S) groups is 1. The van der Waals surface area contributed by atoms with Gasteiger partial charge in [-0.15, -0.1) is 0 Å². The number of hydrogen-bond donors (Lipinski definition) is 3. The van der Waals surface area contributed by atoms with Crippen LogP contribution in [0, 0.1) is 0 Å². The maximum atomic E-state index is 5.81. The van der Waals surface area contributed by atoms with E-state index in [0.717, 1.165) is 11.4 Å². The van der Waals surface area contributed by atoms with Crippen LogP contribution in [0.3, 0.4) is 0 Å². The van der Waals surface area contributed by atoms with Crippen molar-refractivity contribution in [3.05, 3.63) is 59.6 Å². The molecule has 0 unspecified atom stereocenters. The second kappa shape index (κ2) is 8.87. The van der Waals surface area contributed by atoms with E-state index in [0.29, 0.717) is 15.8 Å². The quantitative estimate of drug-likeness (QED) is 0.434. The highest BCUT2D eigenvalue weighted by atomic mass is 35.5. The largest absolute Gasteiger partial charge is 0.331 e. The lowest BCUT2D eigenvalue weighted by Gasteiger charge is -2.06. The van der Waals surface area contributed by atoms with E-state index in [1.54, 1.807) is 18.3 Å². The number of hydrazone groups is 2.